The monoisotopic (exact) mass is 318 g/mol. The summed E-state index contributed by atoms with van der Waals surface area (Å²) in [5, 5.41) is -0.159. The number of hydrogen-bond acceptors (Lipinski definition) is 3. The molecule has 2 rings (SSSR count). The van der Waals surface area contributed by atoms with Crippen LogP contribution in [0.4, 0.5) is 4.39 Å². The SMILES string of the molecule is O=c1[nH]cnc(Oc2ccc(F)c(Br)c2)c1Cl. The third-order valence-electron chi connectivity index (χ3n) is 1.87. The number of benzene rings is 1. The van der Waals surface area contributed by atoms with Crippen molar-refractivity contribution in [2.75, 3.05) is 0 Å². The van der Waals surface area contributed by atoms with Gasteiger partial charge in [-0.3, -0.25) is 4.79 Å². The van der Waals surface area contributed by atoms with Crippen molar-refractivity contribution in [3.8, 4) is 11.6 Å². The first-order valence-corrected chi connectivity index (χ1v) is 5.61. The first-order valence-electron chi connectivity index (χ1n) is 4.44. The molecule has 1 N–H and O–H groups in total. The van der Waals surface area contributed by atoms with Crippen LogP contribution in [0.15, 0.2) is 33.8 Å². The molecule has 1 heterocycles. The Morgan fingerprint density at radius 2 is 2.24 bits per heavy atom. The molecule has 2 aromatic rings. The normalized spacial score (nSPS) is 10.3. The van der Waals surface area contributed by atoms with Crippen LogP contribution in [0.25, 0.3) is 0 Å². The summed E-state index contributed by atoms with van der Waals surface area (Å²) >= 11 is 8.71. The fourth-order valence-corrected chi connectivity index (χ4v) is 1.59. The molecule has 17 heavy (non-hydrogen) atoms. The Kier molecular flexibility index (Phi) is 3.44. The summed E-state index contributed by atoms with van der Waals surface area (Å²) in [5.41, 5.74) is -0.502. The Morgan fingerprint density at radius 3 is 2.94 bits per heavy atom. The Bertz CT molecular complexity index is 617. The number of nitrogens with one attached hydrogen (secondary N) is 1. The number of aromatic amines is 1. The number of hydrogen-bond donors (Lipinski definition) is 1. The molecule has 0 atom stereocenters. The van der Waals surface area contributed by atoms with Crippen molar-refractivity contribution in [3.05, 3.63) is 50.2 Å². The Hall–Kier alpha value is -1.40. The van der Waals surface area contributed by atoms with Crippen molar-refractivity contribution in [2.24, 2.45) is 0 Å². The molecule has 0 spiro atoms. The minimum Gasteiger partial charge on any atom is -0.437 e. The van der Waals surface area contributed by atoms with Crippen LogP contribution in [-0.2, 0) is 0 Å². The fraction of sp³-hybridized carbons (Fsp3) is 0. The number of nitrogens with zero attached hydrogens (tertiary/aromatic N) is 1. The van der Waals surface area contributed by atoms with Crippen LogP contribution in [0.1, 0.15) is 0 Å². The quantitative estimate of drug-likeness (QED) is 0.925. The van der Waals surface area contributed by atoms with Gasteiger partial charge in [-0.15, -0.1) is 0 Å². The highest BCUT2D eigenvalue weighted by Gasteiger charge is 2.09. The van der Waals surface area contributed by atoms with Crippen LogP contribution >= 0.6 is 27.5 Å². The van der Waals surface area contributed by atoms with E-state index in [4.69, 9.17) is 16.3 Å². The van der Waals surface area contributed by atoms with Gasteiger partial charge in [0.25, 0.3) is 5.56 Å². The number of ether oxygens (including phenoxy) is 1. The van der Waals surface area contributed by atoms with Gasteiger partial charge in [0.2, 0.25) is 5.88 Å². The zero-order valence-electron chi connectivity index (χ0n) is 8.21. The fourth-order valence-electron chi connectivity index (χ4n) is 1.09. The lowest BCUT2D eigenvalue weighted by Gasteiger charge is -2.05. The predicted molar refractivity (Wildman–Crippen MR) is 64.0 cm³/mol. The van der Waals surface area contributed by atoms with E-state index in [1.165, 1.54) is 24.5 Å². The lowest BCUT2D eigenvalue weighted by molar-refractivity contribution is 0.458. The summed E-state index contributed by atoms with van der Waals surface area (Å²) in [6.45, 7) is 0. The maximum Gasteiger partial charge on any atom is 0.273 e. The van der Waals surface area contributed by atoms with E-state index in [9.17, 15) is 9.18 Å². The van der Waals surface area contributed by atoms with Gasteiger partial charge in [0.05, 0.1) is 10.8 Å². The Labute approximate surface area is 109 Å². The highest BCUT2D eigenvalue weighted by molar-refractivity contribution is 9.10. The molecule has 0 fully saturated rings. The van der Waals surface area contributed by atoms with Crippen LogP contribution in [0.2, 0.25) is 5.02 Å². The van der Waals surface area contributed by atoms with Gasteiger partial charge in [-0.2, -0.15) is 0 Å². The van der Waals surface area contributed by atoms with Crippen LogP contribution in [0.5, 0.6) is 11.6 Å². The minimum absolute atomic E-state index is 0.0334. The first-order chi connectivity index (χ1) is 8.08. The summed E-state index contributed by atoms with van der Waals surface area (Å²) in [4.78, 5) is 17.2. The molecule has 0 saturated carbocycles. The number of halogens is 3. The summed E-state index contributed by atoms with van der Waals surface area (Å²) in [7, 11) is 0. The second-order valence-corrected chi connectivity index (χ2v) is 4.26. The largest absolute Gasteiger partial charge is 0.437 e. The summed E-state index contributed by atoms with van der Waals surface area (Å²) < 4.78 is 18.5. The zero-order valence-corrected chi connectivity index (χ0v) is 10.5. The van der Waals surface area contributed by atoms with Gasteiger partial charge in [0.15, 0.2) is 5.02 Å². The standard InChI is InChI=1S/C10H5BrClFN2O2/c11-6-3-5(1-2-7(6)13)17-10-8(12)9(16)14-4-15-10/h1-4H,(H,14,15,16). The molecule has 88 valence electrons. The molecule has 0 radical (unpaired) electrons. The molecule has 0 bridgehead atoms. The van der Waals surface area contributed by atoms with E-state index in [1.54, 1.807) is 0 Å². The number of aromatic nitrogens is 2. The van der Waals surface area contributed by atoms with E-state index in [0.717, 1.165) is 0 Å². The summed E-state index contributed by atoms with van der Waals surface area (Å²) in [6.07, 6.45) is 1.17. The molecule has 0 saturated heterocycles. The minimum atomic E-state index is -0.502. The zero-order chi connectivity index (χ0) is 12.4. The smallest absolute Gasteiger partial charge is 0.273 e. The molecule has 0 amide bonds. The maximum atomic E-state index is 13.0. The van der Waals surface area contributed by atoms with E-state index < -0.39 is 11.4 Å². The lowest BCUT2D eigenvalue weighted by Crippen LogP contribution is -2.07. The van der Waals surface area contributed by atoms with E-state index in [2.05, 4.69) is 25.9 Å². The van der Waals surface area contributed by atoms with Gasteiger partial charge < -0.3 is 9.72 Å². The average Bonchev–Trinajstić information content (AvgIpc) is 2.30. The van der Waals surface area contributed by atoms with Crippen LogP contribution < -0.4 is 10.3 Å². The van der Waals surface area contributed by atoms with Crippen molar-refractivity contribution in [2.45, 2.75) is 0 Å². The van der Waals surface area contributed by atoms with E-state index in [0.29, 0.717) is 5.75 Å². The van der Waals surface area contributed by atoms with Gasteiger partial charge in [0, 0.05) is 0 Å². The van der Waals surface area contributed by atoms with Crippen LogP contribution in [0, 0.1) is 5.82 Å². The molecule has 1 aromatic carbocycles. The highest BCUT2D eigenvalue weighted by Crippen LogP contribution is 2.27. The molecule has 7 heteroatoms. The lowest BCUT2D eigenvalue weighted by atomic mass is 10.3. The van der Waals surface area contributed by atoms with Crippen molar-refractivity contribution >= 4 is 27.5 Å². The molecule has 4 nitrogen and oxygen atoms in total. The number of H-pyrrole nitrogens is 1. The van der Waals surface area contributed by atoms with Crippen molar-refractivity contribution in [3.63, 3.8) is 0 Å². The third-order valence-corrected chi connectivity index (χ3v) is 2.81. The molecule has 0 aliphatic rings. The molecule has 0 aliphatic heterocycles. The van der Waals surface area contributed by atoms with Gasteiger partial charge >= 0.3 is 0 Å². The second-order valence-electron chi connectivity index (χ2n) is 3.03. The van der Waals surface area contributed by atoms with Gasteiger partial charge in [0.1, 0.15) is 11.6 Å². The van der Waals surface area contributed by atoms with E-state index >= 15 is 0 Å². The van der Waals surface area contributed by atoms with E-state index in [1.807, 2.05) is 0 Å². The third kappa shape index (κ3) is 2.65. The predicted octanol–water partition coefficient (Wildman–Crippen LogP) is 3.12. The average molecular weight is 320 g/mol. The van der Waals surface area contributed by atoms with Gasteiger partial charge in [-0.05, 0) is 34.1 Å². The molecule has 0 aliphatic carbocycles. The number of rotatable bonds is 2. The van der Waals surface area contributed by atoms with Crippen molar-refractivity contribution in [1.29, 1.82) is 0 Å². The van der Waals surface area contributed by atoms with Crippen LogP contribution in [-0.4, -0.2) is 9.97 Å². The Morgan fingerprint density at radius 1 is 1.47 bits per heavy atom. The summed E-state index contributed by atoms with van der Waals surface area (Å²) in [6, 6.07) is 4.04. The van der Waals surface area contributed by atoms with Crippen molar-refractivity contribution < 1.29 is 9.13 Å². The molecular formula is C10H5BrClFN2O2. The second kappa shape index (κ2) is 4.85. The van der Waals surface area contributed by atoms with Crippen LogP contribution in [0.3, 0.4) is 0 Å². The maximum absolute atomic E-state index is 13.0. The summed E-state index contributed by atoms with van der Waals surface area (Å²) in [5.74, 6) is -0.130. The van der Waals surface area contributed by atoms with Crippen molar-refractivity contribution in [1.82, 2.24) is 9.97 Å². The highest BCUT2D eigenvalue weighted by atomic mass is 79.9. The molecular weight excluding hydrogens is 314 g/mol. The topological polar surface area (TPSA) is 55.0 Å². The van der Waals surface area contributed by atoms with Gasteiger partial charge in [-0.25, -0.2) is 9.37 Å². The molecule has 1 aromatic heterocycles. The Balaban J connectivity index is 2.35. The first kappa shape index (κ1) is 12.1. The van der Waals surface area contributed by atoms with Gasteiger partial charge in [-0.1, -0.05) is 11.6 Å². The van der Waals surface area contributed by atoms with E-state index in [-0.39, 0.29) is 15.4 Å². The molecule has 0 unspecified atom stereocenters.